The van der Waals surface area contributed by atoms with Crippen LogP contribution in [0.25, 0.3) is 0 Å². The Balaban J connectivity index is 2.87. The number of rotatable bonds is 0. The molecule has 0 aliphatic carbocycles. The van der Waals surface area contributed by atoms with Crippen molar-refractivity contribution in [1.29, 1.82) is 0 Å². The molecule has 1 aromatic carbocycles. The highest BCUT2D eigenvalue weighted by Crippen LogP contribution is 2.05. The minimum Gasteiger partial charge on any atom is -0.301 e. The van der Waals surface area contributed by atoms with Crippen molar-refractivity contribution >= 4 is 17.5 Å². The van der Waals surface area contributed by atoms with Crippen molar-refractivity contribution in [2.24, 2.45) is 9.98 Å². The Morgan fingerprint density at radius 1 is 1.07 bits per heavy atom. The number of hydrogen-bond acceptors (Lipinski definition) is 2. The SMILES string of the molecule is Cc1cc2c(cc1[NH])=NC(=O)C(=O)N=2. The normalized spacial score (nSPS) is 14.4. The molecule has 2 amide bonds. The van der Waals surface area contributed by atoms with Gasteiger partial charge in [0.05, 0.1) is 16.4 Å². The Labute approximate surface area is 79.0 Å². The topological polar surface area (TPSA) is 82.7 Å². The number of aryl methyl sites for hydroxylation is 1. The molecule has 0 unspecified atom stereocenters. The quantitative estimate of drug-likeness (QED) is 0.500. The van der Waals surface area contributed by atoms with Crippen LogP contribution in [0.2, 0.25) is 0 Å². The number of amides is 2. The van der Waals surface area contributed by atoms with Gasteiger partial charge < -0.3 is 5.73 Å². The third-order valence-electron chi connectivity index (χ3n) is 1.95. The molecule has 69 valence electrons. The first-order valence-electron chi connectivity index (χ1n) is 3.96. The van der Waals surface area contributed by atoms with Gasteiger partial charge in [-0.15, -0.1) is 0 Å². The molecule has 5 nitrogen and oxygen atoms in total. The van der Waals surface area contributed by atoms with Gasteiger partial charge in [0.2, 0.25) is 0 Å². The van der Waals surface area contributed by atoms with Crippen LogP contribution >= 0.6 is 0 Å². The standard InChI is InChI=1S/C9H6N3O2/c1-4-2-6-7(3-5(4)10)12-9(14)8(13)11-6/h2-3,10H,1H3. The van der Waals surface area contributed by atoms with E-state index in [9.17, 15) is 9.59 Å². The molecule has 0 fully saturated rings. The second-order valence-corrected chi connectivity index (χ2v) is 2.99. The first-order chi connectivity index (χ1) is 6.58. The summed E-state index contributed by atoms with van der Waals surface area (Å²) in [6.07, 6.45) is 0. The molecule has 0 aromatic heterocycles. The smallest absolute Gasteiger partial charge is 0.301 e. The average molecular weight is 188 g/mol. The summed E-state index contributed by atoms with van der Waals surface area (Å²) in [4.78, 5) is 28.9. The van der Waals surface area contributed by atoms with Crippen LogP contribution in [0.15, 0.2) is 22.1 Å². The second-order valence-electron chi connectivity index (χ2n) is 2.99. The molecule has 1 heterocycles. The van der Waals surface area contributed by atoms with Crippen molar-refractivity contribution in [3.63, 3.8) is 0 Å². The van der Waals surface area contributed by atoms with Gasteiger partial charge in [-0.05, 0) is 24.6 Å². The summed E-state index contributed by atoms with van der Waals surface area (Å²) >= 11 is 0. The lowest BCUT2D eigenvalue weighted by Gasteiger charge is -2.00. The lowest BCUT2D eigenvalue weighted by molar-refractivity contribution is -0.135. The molecule has 1 aliphatic heterocycles. The van der Waals surface area contributed by atoms with Crippen molar-refractivity contribution in [2.75, 3.05) is 0 Å². The molecule has 0 atom stereocenters. The highest BCUT2D eigenvalue weighted by atomic mass is 16.2. The van der Waals surface area contributed by atoms with Gasteiger partial charge in [-0.1, -0.05) is 0 Å². The van der Waals surface area contributed by atoms with Crippen LogP contribution < -0.4 is 16.4 Å². The fraction of sp³-hybridized carbons (Fsp3) is 0.111. The average Bonchev–Trinajstić information content (AvgIpc) is 2.11. The zero-order valence-electron chi connectivity index (χ0n) is 7.37. The maximum atomic E-state index is 10.9. The van der Waals surface area contributed by atoms with Crippen molar-refractivity contribution < 1.29 is 9.59 Å². The summed E-state index contributed by atoms with van der Waals surface area (Å²) in [5.41, 5.74) is 8.46. The van der Waals surface area contributed by atoms with Crippen LogP contribution in [0.5, 0.6) is 0 Å². The summed E-state index contributed by atoms with van der Waals surface area (Å²) in [6, 6.07) is 3.00. The third-order valence-corrected chi connectivity index (χ3v) is 1.95. The number of nitrogens with zero attached hydrogens (tertiary/aromatic N) is 2. The van der Waals surface area contributed by atoms with E-state index in [1.807, 2.05) is 0 Å². The van der Waals surface area contributed by atoms with Gasteiger partial charge in [0.25, 0.3) is 0 Å². The van der Waals surface area contributed by atoms with Gasteiger partial charge in [0, 0.05) is 0 Å². The van der Waals surface area contributed by atoms with Crippen LogP contribution in [-0.2, 0) is 9.59 Å². The molecular weight excluding hydrogens is 182 g/mol. The van der Waals surface area contributed by atoms with Crippen molar-refractivity contribution in [2.45, 2.75) is 6.92 Å². The van der Waals surface area contributed by atoms with E-state index in [1.165, 1.54) is 6.07 Å². The van der Waals surface area contributed by atoms with Crippen LogP contribution in [0.1, 0.15) is 5.56 Å². The number of carbonyl (C=O) groups excluding carboxylic acids is 2. The molecule has 14 heavy (non-hydrogen) atoms. The summed E-state index contributed by atoms with van der Waals surface area (Å²) in [5, 5.41) is 0.660. The van der Waals surface area contributed by atoms with E-state index in [2.05, 4.69) is 9.98 Å². The van der Waals surface area contributed by atoms with E-state index in [0.717, 1.165) is 0 Å². The van der Waals surface area contributed by atoms with Gasteiger partial charge in [0.15, 0.2) is 0 Å². The van der Waals surface area contributed by atoms with E-state index in [4.69, 9.17) is 5.73 Å². The lowest BCUT2D eigenvalue weighted by Crippen LogP contribution is -2.34. The largest absolute Gasteiger partial charge is 0.338 e. The highest BCUT2D eigenvalue weighted by Gasteiger charge is 2.15. The molecule has 1 aromatic rings. The van der Waals surface area contributed by atoms with Gasteiger partial charge >= 0.3 is 11.8 Å². The Morgan fingerprint density at radius 3 is 2.14 bits per heavy atom. The monoisotopic (exact) mass is 188 g/mol. The number of nitrogens with one attached hydrogen (secondary N) is 1. The maximum Gasteiger partial charge on any atom is 0.338 e. The van der Waals surface area contributed by atoms with E-state index >= 15 is 0 Å². The molecular formula is C9H6N3O2. The minimum atomic E-state index is -0.874. The van der Waals surface area contributed by atoms with Crippen LogP contribution in [-0.4, -0.2) is 11.8 Å². The molecule has 1 radical (unpaired) electrons. The Morgan fingerprint density at radius 2 is 1.57 bits per heavy atom. The molecule has 5 heteroatoms. The van der Waals surface area contributed by atoms with Crippen LogP contribution in [0.3, 0.4) is 0 Å². The number of hydrogen-bond donors (Lipinski definition) is 0. The number of benzene rings is 1. The maximum absolute atomic E-state index is 10.9. The van der Waals surface area contributed by atoms with E-state index < -0.39 is 11.8 Å². The Bertz CT molecular complexity index is 509. The molecule has 1 N–H and O–H groups in total. The predicted octanol–water partition coefficient (Wildman–Crippen LogP) is -0.785. The Hall–Kier alpha value is -2.04. The molecule has 0 saturated heterocycles. The van der Waals surface area contributed by atoms with Gasteiger partial charge in [-0.2, -0.15) is 0 Å². The van der Waals surface area contributed by atoms with Gasteiger partial charge in [0.1, 0.15) is 0 Å². The molecule has 0 saturated carbocycles. The second kappa shape index (κ2) is 2.73. The van der Waals surface area contributed by atoms with E-state index in [1.54, 1.807) is 13.0 Å². The van der Waals surface area contributed by atoms with Crippen molar-refractivity contribution in [3.8, 4) is 0 Å². The minimum absolute atomic E-state index is 0.282. The number of carbonyl (C=O) groups is 2. The first-order valence-corrected chi connectivity index (χ1v) is 3.96. The molecule has 1 aliphatic rings. The fourth-order valence-corrected chi connectivity index (χ4v) is 1.17. The van der Waals surface area contributed by atoms with Crippen LogP contribution in [0, 0.1) is 6.92 Å². The van der Waals surface area contributed by atoms with Crippen molar-refractivity contribution in [1.82, 2.24) is 5.73 Å². The summed E-state index contributed by atoms with van der Waals surface area (Å²) in [6.45, 7) is 1.74. The zero-order chi connectivity index (χ0) is 10.3. The van der Waals surface area contributed by atoms with Crippen molar-refractivity contribution in [3.05, 3.63) is 28.4 Å². The molecule has 0 bridgehead atoms. The molecule has 2 rings (SSSR count). The molecule has 0 spiro atoms. The summed E-state index contributed by atoms with van der Waals surface area (Å²) < 4.78 is 0. The highest BCUT2D eigenvalue weighted by molar-refractivity contribution is 6.36. The third kappa shape index (κ3) is 1.19. The lowest BCUT2D eigenvalue weighted by atomic mass is 10.2. The summed E-state index contributed by atoms with van der Waals surface area (Å²) in [7, 11) is 0. The van der Waals surface area contributed by atoms with Gasteiger partial charge in [-0.3, -0.25) is 9.59 Å². The van der Waals surface area contributed by atoms with E-state index in [-0.39, 0.29) is 5.69 Å². The van der Waals surface area contributed by atoms with E-state index in [0.29, 0.717) is 16.3 Å². The Kier molecular flexibility index (Phi) is 1.67. The zero-order valence-corrected chi connectivity index (χ0v) is 7.37. The number of fused-ring (bicyclic) bond motifs is 1. The summed E-state index contributed by atoms with van der Waals surface area (Å²) in [5.74, 6) is -1.73. The van der Waals surface area contributed by atoms with Crippen LogP contribution in [0.4, 0.5) is 5.69 Å². The first kappa shape index (κ1) is 8.55. The fourth-order valence-electron chi connectivity index (χ4n) is 1.17. The van der Waals surface area contributed by atoms with Gasteiger partial charge in [-0.25, -0.2) is 9.98 Å². The predicted molar refractivity (Wildman–Crippen MR) is 46.3 cm³/mol.